The Bertz CT molecular complexity index is 635. The van der Waals surface area contributed by atoms with Gasteiger partial charge in [-0.15, -0.1) is 0 Å². The number of nitrogens with one attached hydrogen (secondary N) is 1. The van der Waals surface area contributed by atoms with E-state index >= 15 is 0 Å². The van der Waals surface area contributed by atoms with Crippen molar-refractivity contribution in [3.8, 4) is 0 Å². The zero-order valence-electron chi connectivity index (χ0n) is 12.6. The molecule has 1 saturated heterocycles. The molecule has 0 aliphatic carbocycles. The van der Waals surface area contributed by atoms with Crippen LogP contribution in [0, 0.1) is 6.92 Å². The first kappa shape index (κ1) is 15.9. The van der Waals surface area contributed by atoms with E-state index in [-0.39, 0.29) is 10.8 Å². The fourth-order valence-corrected chi connectivity index (χ4v) is 3.77. The van der Waals surface area contributed by atoms with Crippen LogP contribution in [0.2, 0.25) is 0 Å². The molecule has 0 aromatic heterocycles. The highest BCUT2D eigenvalue weighted by atomic mass is 32.2. The SMILES string of the molecule is CNC(=O)c1cc(S(=O)(=O)N2CCN(C)CC2)ccc1C. The lowest BCUT2D eigenvalue weighted by Crippen LogP contribution is -2.47. The second kappa shape index (κ2) is 6.13. The van der Waals surface area contributed by atoms with Gasteiger partial charge in [0.25, 0.3) is 5.91 Å². The lowest BCUT2D eigenvalue weighted by atomic mass is 10.1. The van der Waals surface area contributed by atoms with Crippen molar-refractivity contribution in [2.45, 2.75) is 11.8 Å². The van der Waals surface area contributed by atoms with Gasteiger partial charge in [-0.1, -0.05) is 6.07 Å². The highest BCUT2D eigenvalue weighted by molar-refractivity contribution is 7.89. The van der Waals surface area contributed by atoms with Gasteiger partial charge >= 0.3 is 0 Å². The maximum atomic E-state index is 12.6. The van der Waals surface area contributed by atoms with Crippen LogP contribution in [0.4, 0.5) is 0 Å². The van der Waals surface area contributed by atoms with Crippen molar-refractivity contribution in [1.82, 2.24) is 14.5 Å². The van der Waals surface area contributed by atoms with Crippen LogP contribution >= 0.6 is 0 Å². The highest BCUT2D eigenvalue weighted by Crippen LogP contribution is 2.20. The second-order valence-electron chi connectivity index (χ2n) is 5.26. The summed E-state index contributed by atoms with van der Waals surface area (Å²) in [6.45, 7) is 4.17. The lowest BCUT2D eigenvalue weighted by molar-refractivity contribution is 0.0962. The van der Waals surface area contributed by atoms with Gasteiger partial charge in [0.05, 0.1) is 4.90 Å². The molecule has 21 heavy (non-hydrogen) atoms. The average Bonchev–Trinajstić information content (AvgIpc) is 2.47. The molecular formula is C14H21N3O3S. The van der Waals surface area contributed by atoms with Gasteiger partial charge < -0.3 is 10.2 Å². The average molecular weight is 311 g/mol. The summed E-state index contributed by atoms with van der Waals surface area (Å²) in [5.41, 5.74) is 1.15. The number of carbonyl (C=O) groups excluding carboxylic acids is 1. The quantitative estimate of drug-likeness (QED) is 0.871. The molecule has 0 spiro atoms. The van der Waals surface area contributed by atoms with Gasteiger partial charge in [0.2, 0.25) is 10.0 Å². The molecule has 1 amide bonds. The lowest BCUT2D eigenvalue weighted by Gasteiger charge is -2.31. The summed E-state index contributed by atoms with van der Waals surface area (Å²) in [5, 5.41) is 2.53. The number of carbonyl (C=O) groups is 1. The second-order valence-corrected chi connectivity index (χ2v) is 7.20. The molecule has 7 heteroatoms. The molecule has 0 atom stereocenters. The van der Waals surface area contributed by atoms with Crippen molar-refractivity contribution < 1.29 is 13.2 Å². The van der Waals surface area contributed by atoms with Crippen LogP contribution in [0.1, 0.15) is 15.9 Å². The number of sulfonamides is 1. The molecule has 1 aromatic rings. The third kappa shape index (κ3) is 3.25. The largest absolute Gasteiger partial charge is 0.355 e. The Morgan fingerprint density at radius 3 is 2.38 bits per heavy atom. The van der Waals surface area contributed by atoms with E-state index in [1.165, 1.54) is 17.4 Å². The van der Waals surface area contributed by atoms with Crippen molar-refractivity contribution in [2.75, 3.05) is 40.3 Å². The molecule has 1 aliphatic rings. The molecule has 2 rings (SSSR count). The minimum absolute atomic E-state index is 0.177. The van der Waals surface area contributed by atoms with Gasteiger partial charge in [-0.3, -0.25) is 4.79 Å². The van der Waals surface area contributed by atoms with Gasteiger partial charge in [0, 0.05) is 38.8 Å². The Morgan fingerprint density at radius 1 is 1.19 bits per heavy atom. The van der Waals surface area contributed by atoms with Crippen molar-refractivity contribution in [1.29, 1.82) is 0 Å². The molecular weight excluding hydrogens is 290 g/mol. The Balaban J connectivity index is 2.34. The van der Waals surface area contributed by atoms with E-state index in [2.05, 4.69) is 10.2 Å². The fourth-order valence-electron chi connectivity index (χ4n) is 2.32. The van der Waals surface area contributed by atoms with E-state index in [9.17, 15) is 13.2 Å². The Morgan fingerprint density at radius 2 is 1.81 bits per heavy atom. The van der Waals surface area contributed by atoms with E-state index < -0.39 is 10.0 Å². The zero-order chi connectivity index (χ0) is 15.6. The predicted molar refractivity (Wildman–Crippen MR) is 80.8 cm³/mol. The minimum Gasteiger partial charge on any atom is -0.355 e. The number of nitrogens with zero attached hydrogens (tertiary/aromatic N) is 2. The third-order valence-corrected chi connectivity index (χ3v) is 5.68. The van der Waals surface area contributed by atoms with Crippen LogP contribution in [0.15, 0.2) is 23.1 Å². The molecule has 1 fully saturated rings. The van der Waals surface area contributed by atoms with Crippen LogP contribution in [-0.2, 0) is 10.0 Å². The monoisotopic (exact) mass is 311 g/mol. The third-order valence-electron chi connectivity index (χ3n) is 3.78. The summed E-state index contributed by atoms with van der Waals surface area (Å²) in [6, 6.07) is 4.70. The number of rotatable bonds is 3. The van der Waals surface area contributed by atoms with Crippen molar-refractivity contribution >= 4 is 15.9 Å². The summed E-state index contributed by atoms with van der Waals surface area (Å²) in [6.07, 6.45) is 0. The van der Waals surface area contributed by atoms with E-state index in [0.29, 0.717) is 31.7 Å². The summed E-state index contributed by atoms with van der Waals surface area (Å²) in [4.78, 5) is 14.1. The normalized spacial score (nSPS) is 17.7. The minimum atomic E-state index is -3.54. The first-order valence-corrected chi connectivity index (χ1v) is 8.31. The predicted octanol–water partition coefficient (Wildman–Crippen LogP) is 0.291. The van der Waals surface area contributed by atoms with Crippen LogP contribution in [0.5, 0.6) is 0 Å². The van der Waals surface area contributed by atoms with Crippen LogP contribution < -0.4 is 5.32 Å². The number of amides is 1. The molecule has 0 bridgehead atoms. The summed E-state index contributed by atoms with van der Waals surface area (Å²) in [7, 11) is -0.0369. The number of piperazine rings is 1. The van der Waals surface area contributed by atoms with Gasteiger partial charge in [0.1, 0.15) is 0 Å². The first-order valence-electron chi connectivity index (χ1n) is 6.87. The molecule has 0 radical (unpaired) electrons. The fraction of sp³-hybridized carbons (Fsp3) is 0.500. The molecule has 6 nitrogen and oxygen atoms in total. The number of hydrogen-bond donors (Lipinski definition) is 1. The van der Waals surface area contributed by atoms with Gasteiger partial charge in [-0.25, -0.2) is 8.42 Å². The van der Waals surface area contributed by atoms with Crippen LogP contribution in [0.25, 0.3) is 0 Å². The molecule has 1 aliphatic heterocycles. The van der Waals surface area contributed by atoms with E-state index in [4.69, 9.17) is 0 Å². The van der Waals surface area contributed by atoms with Gasteiger partial charge in [0.15, 0.2) is 0 Å². The molecule has 1 heterocycles. The highest BCUT2D eigenvalue weighted by Gasteiger charge is 2.28. The number of benzene rings is 1. The van der Waals surface area contributed by atoms with Crippen LogP contribution in [0.3, 0.4) is 0 Å². The topological polar surface area (TPSA) is 69.7 Å². The summed E-state index contributed by atoms with van der Waals surface area (Å²) < 4.78 is 26.8. The summed E-state index contributed by atoms with van der Waals surface area (Å²) in [5.74, 6) is -0.275. The number of hydrogen-bond acceptors (Lipinski definition) is 4. The van der Waals surface area contributed by atoms with Crippen molar-refractivity contribution in [2.24, 2.45) is 0 Å². The molecule has 1 aromatic carbocycles. The standard InChI is InChI=1S/C14H21N3O3S/c1-11-4-5-12(10-13(11)14(18)15-2)21(19,20)17-8-6-16(3)7-9-17/h4-5,10H,6-9H2,1-3H3,(H,15,18). The number of aryl methyl sites for hydroxylation is 1. The molecule has 0 saturated carbocycles. The smallest absolute Gasteiger partial charge is 0.251 e. The van der Waals surface area contributed by atoms with E-state index in [1.54, 1.807) is 19.1 Å². The molecule has 0 unspecified atom stereocenters. The Hall–Kier alpha value is -1.44. The Labute approximate surface area is 125 Å². The van der Waals surface area contributed by atoms with Gasteiger partial charge in [-0.2, -0.15) is 4.31 Å². The van der Waals surface area contributed by atoms with Crippen molar-refractivity contribution in [3.63, 3.8) is 0 Å². The van der Waals surface area contributed by atoms with E-state index in [0.717, 1.165) is 5.56 Å². The Kier molecular flexibility index (Phi) is 4.65. The maximum Gasteiger partial charge on any atom is 0.251 e. The summed E-state index contributed by atoms with van der Waals surface area (Å²) >= 11 is 0. The van der Waals surface area contributed by atoms with Crippen molar-refractivity contribution in [3.05, 3.63) is 29.3 Å². The number of likely N-dealkylation sites (N-methyl/N-ethyl adjacent to an activating group) is 1. The van der Waals surface area contributed by atoms with E-state index in [1.807, 2.05) is 7.05 Å². The zero-order valence-corrected chi connectivity index (χ0v) is 13.4. The van der Waals surface area contributed by atoms with Crippen LogP contribution in [-0.4, -0.2) is 63.8 Å². The maximum absolute atomic E-state index is 12.6. The molecule has 116 valence electrons. The van der Waals surface area contributed by atoms with Gasteiger partial charge in [-0.05, 0) is 31.7 Å². The molecule has 1 N–H and O–H groups in total. The first-order chi connectivity index (χ1) is 9.86.